The minimum atomic E-state index is -1.62. The smallest absolute Gasteiger partial charge is 0.187 e. The van der Waals surface area contributed by atoms with Crippen molar-refractivity contribution in [2.24, 2.45) is 5.41 Å². The van der Waals surface area contributed by atoms with E-state index in [1.807, 2.05) is 0 Å². The van der Waals surface area contributed by atoms with Crippen LogP contribution in [0.4, 0.5) is 0 Å². The van der Waals surface area contributed by atoms with E-state index in [0.717, 1.165) is 6.04 Å². The van der Waals surface area contributed by atoms with Crippen molar-refractivity contribution in [2.75, 3.05) is 0 Å². The van der Waals surface area contributed by atoms with Gasteiger partial charge in [-0.3, -0.25) is 0 Å². The fraction of sp³-hybridized carbons (Fsp3) is 1.00. The van der Waals surface area contributed by atoms with E-state index in [1.165, 1.54) is 74.4 Å². The minimum absolute atomic E-state index is 0. The van der Waals surface area contributed by atoms with Crippen LogP contribution in [0.2, 0.25) is 225 Å². The molecule has 0 saturated carbocycles. The predicted molar refractivity (Wildman–Crippen MR) is 350 cm³/mol. The first-order valence-electron chi connectivity index (χ1n) is 26.8. The van der Waals surface area contributed by atoms with Gasteiger partial charge in [-0.15, -0.1) is 0 Å². The molecule has 0 aromatic rings. The third kappa shape index (κ3) is 54.4. The van der Waals surface area contributed by atoms with Gasteiger partial charge in [-0.1, -0.05) is 144 Å². The molecule has 16 heteroatoms. The molecule has 0 unspecified atom stereocenters. The summed E-state index contributed by atoms with van der Waals surface area (Å²) in [6, 6.07) is 5.05. The van der Waals surface area contributed by atoms with E-state index in [0.29, 0.717) is 5.41 Å². The molecular formula is C52H136O5Si11. The molecule has 0 aromatic heterocycles. The number of rotatable bonds is 29. The highest BCUT2D eigenvalue weighted by molar-refractivity contribution is 6.95. The molecule has 0 aromatic carbocycles. The Morgan fingerprint density at radius 1 is 0.324 bits per heavy atom. The van der Waals surface area contributed by atoms with Gasteiger partial charge in [0.15, 0.2) is 58.2 Å². The standard InChI is InChI=1S/C22H54O2Si4.C15H40O2Si4.C13H34OSi3.2CH4/c1-22(2,21-28(11,12)24-26(6,7)8)19-17-15-13-14-16-18-20-27(9,10)23-25(3,4)5;1-15(16-19(5,6)7,17-20(8,9)10)13-21(11,12)14-18(2,3)4;1-13(2,14-16(6,7)8)11-17(9,10)12-15(3,4)5;;/h13-21H2,1-12H3;13-14H2,1-12H3;11-12H2,1-10H3;2*1H4. The van der Waals surface area contributed by atoms with Gasteiger partial charge >= 0.3 is 0 Å². The maximum Gasteiger partial charge on any atom is 0.187 e. The first kappa shape index (κ1) is 79.1. The van der Waals surface area contributed by atoms with E-state index in [2.05, 4.69) is 224 Å². The lowest BCUT2D eigenvalue weighted by molar-refractivity contribution is -0.0953. The summed E-state index contributed by atoms with van der Waals surface area (Å²) in [7, 11) is -14.8. The van der Waals surface area contributed by atoms with Gasteiger partial charge in [-0.2, -0.15) is 0 Å². The van der Waals surface area contributed by atoms with E-state index in [4.69, 9.17) is 21.5 Å². The second kappa shape index (κ2) is 29.6. The monoisotopic (exact) mass is 1150 g/mol. The van der Waals surface area contributed by atoms with E-state index in [9.17, 15) is 0 Å². The average molecular weight is 1150 g/mol. The van der Waals surface area contributed by atoms with Crippen molar-refractivity contribution in [3.8, 4) is 0 Å². The summed E-state index contributed by atoms with van der Waals surface area (Å²) in [5.41, 5.74) is 3.47. The Bertz CT molecular complexity index is 1290. The summed E-state index contributed by atoms with van der Waals surface area (Å²) >= 11 is 0. The van der Waals surface area contributed by atoms with Crippen LogP contribution in [0.15, 0.2) is 0 Å². The third-order valence-corrected chi connectivity index (χ3v) is 45.8. The molecule has 0 spiro atoms. The molecule has 418 valence electrons. The maximum absolute atomic E-state index is 6.56. The zero-order valence-electron chi connectivity index (χ0n) is 52.2. The number of unbranched alkanes of at least 4 members (excludes halogenated alkanes) is 5. The van der Waals surface area contributed by atoms with E-state index in [-0.39, 0.29) is 26.2 Å². The summed E-state index contributed by atoms with van der Waals surface area (Å²) in [6.45, 7) is 80.9. The quantitative estimate of drug-likeness (QED) is 0.0424. The zero-order chi connectivity index (χ0) is 53.7. The Morgan fingerprint density at radius 3 is 0.956 bits per heavy atom. The van der Waals surface area contributed by atoms with Crippen LogP contribution < -0.4 is 0 Å². The van der Waals surface area contributed by atoms with Gasteiger partial charge in [0, 0.05) is 29.8 Å². The average Bonchev–Trinajstić information content (AvgIpc) is 2.83. The van der Waals surface area contributed by atoms with Gasteiger partial charge in [0.05, 0.1) is 8.07 Å². The zero-order valence-corrected chi connectivity index (χ0v) is 63.2. The Labute approximate surface area is 445 Å². The van der Waals surface area contributed by atoms with Crippen molar-refractivity contribution in [3.63, 3.8) is 0 Å². The lowest BCUT2D eigenvalue weighted by atomic mass is 9.89. The van der Waals surface area contributed by atoms with Crippen LogP contribution in [0.3, 0.4) is 0 Å². The van der Waals surface area contributed by atoms with Crippen molar-refractivity contribution in [1.29, 1.82) is 0 Å². The summed E-state index contributed by atoms with van der Waals surface area (Å²) in [4.78, 5) is 0. The van der Waals surface area contributed by atoms with Gasteiger partial charge in [-0.25, -0.2) is 0 Å². The topological polar surface area (TPSA) is 46.2 Å². The van der Waals surface area contributed by atoms with Gasteiger partial charge in [0.25, 0.3) is 0 Å². The Morgan fingerprint density at radius 2 is 0.632 bits per heavy atom. The van der Waals surface area contributed by atoms with Crippen LogP contribution in [0.25, 0.3) is 0 Å². The Kier molecular flexibility index (Phi) is 34.5. The van der Waals surface area contributed by atoms with Crippen LogP contribution >= 0.6 is 0 Å². The molecular weight excluding hydrogens is 1010 g/mol. The van der Waals surface area contributed by atoms with Crippen LogP contribution in [0, 0.1) is 5.41 Å². The van der Waals surface area contributed by atoms with Gasteiger partial charge in [-0.05, 0) is 181 Å². The molecule has 0 radical (unpaired) electrons. The number of hydrogen-bond donors (Lipinski definition) is 0. The van der Waals surface area contributed by atoms with Crippen molar-refractivity contribution < 1.29 is 21.5 Å². The van der Waals surface area contributed by atoms with Gasteiger partial charge in [0.2, 0.25) is 0 Å². The molecule has 0 aliphatic heterocycles. The molecule has 0 rings (SSSR count). The highest BCUT2D eigenvalue weighted by Crippen LogP contribution is 2.38. The summed E-state index contributed by atoms with van der Waals surface area (Å²) < 4.78 is 32.5. The lowest BCUT2D eigenvalue weighted by Crippen LogP contribution is -2.53. The third-order valence-electron chi connectivity index (χ3n) is 10.3. The maximum atomic E-state index is 6.56. The first-order chi connectivity index (χ1) is 28.3. The molecule has 5 nitrogen and oxygen atoms in total. The SMILES string of the molecule is C.C.CC(C)(CCCCCCCC[Si](C)(C)O[Si](C)(C)C)C[Si](C)(C)O[Si](C)(C)C.CC(C)(C[Si](C)(C)C[Si](C)(C)C)O[Si](C)(C)C.CC(C[Si](C)(C)C[Si](C)(C)C)(O[Si](C)(C)C)O[Si](C)(C)C. The molecule has 68 heavy (non-hydrogen) atoms. The van der Waals surface area contributed by atoms with E-state index in [1.54, 1.807) is 0 Å². The molecule has 0 bridgehead atoms. The van der Waals surface area contributed by atoms with Crippen molar-refractivity contribution in [2.45, 2.75) is 331 Å². The highest BCUT2D eigenvalue weighted by atomic mass is 28.4. The highest BCUT2D eigenvalue weighted by Gasteiger charge is 2.43. The first-order valence-corrected chi connectivity index (χ1v) is 64.3. The summed E-state index contributed by atoms with van der Waals surface area (Å²) in [6.07, 6.45) is 9.68. The second-order valence-corrected chi connectivity index (χ2v) is 86.3. The Balaban J connectivity index is -0.000000297. The molecule has 0 atom stereocenters. The van der Waals surface area contributed by atoms with Crippen molar-refractivity contribution >= 4 is 90.5 Å². The van der Waals surface area contributed by atoms with Gasteiger partial charge < -0.3 is 21.5 Å². The molecule has 0 N–H and O–H groups in total. The normalized spacial score (nSPS) is 14.6. The van der Waals surface area contributed by atoms with Crippen molar-refractivity contribution in [3.05, 3.63) is 0 Å². The lowest BCUT2D eigenvalue weighted by Gasteiger charge is -2.45. The molecule has 0 saturated heterocycles. The van der Waals surface area contributed by atoms with Crippen LogP contribution in [-0.4, -0.2) is 102 Å². The van der Waals surface area contributed by atoms with Crippen LogP contribution in [-0.2, 0) is 21.5 Å². The molecule has 0 aliphatic rings. The summed E-state index contributed by atoms with van der Waals surface area (Å²) in [5.74, 6) is -0.371. The fourth-order valence-corrected chi connectivity index (χ4v) is 63.0. The fourth-order valence-electron chi connectivity index (χ4n) is 12.1. The predicted octanol–water partition coefficient (Wildman–Crippen LogP) is 21.3. The minimum Gasteiger partial charge on any atom is -0.456 e. The largest absolute Gasteiger partial charge is 0.456 e. The second-order valence-electron chi connectivity index (χ2n) is 32.6. The molecule has 0 amide bonds. The molecule has 0 heterocycles. The van der Waals surface area contributed by atoms with Crippen molar-refractivity contribution in [1.82, 2.24) is 0 Å². The van der Waals surface area contributed by atoms with Crippen LogP contribution in [0.5, 0.6) is 0 Å². The molecule has 0 aliphatic carbocycles. The molecule has 0 fully saturated rings. The van der Waals surface area contributed by atoms with E-state index >= 15 is 0 Å². The Hall–Kier alpha value is 2.19. The summed E-state index contributed by atoms with van der Waals surface area (Å²) in [5, 5.41) is 0. The van der Waals surface area contributed by atoms with Gasteiger partial charge in [0.1, 0.15) is 5.79 Å². The van der Waals surface area contributed by atoms with Crippen LogP contribution in [0.1, 0.15) is 94.4 Å². The van der Waals surface area contributed by atoms with E-state index < -0.39 is 90.5 Å². The number of hydrogen-bond acceptors (Lipinski definition) is 5.